The van der Waals surface area contributed by atoms with Crippen LogP contribution in [0, 0.1) is 6.92 Å². The summed E-state index contributed by atoms with van der Waals surface area (Å²) in [7, 11) is 0. The average molecular weight is 426 g/mol. The molecule has 0 bridgehead atoms. The molecule has 0 aliphatic carbocycles. The molecule has 4 heteroatoms. The lowest BCUT2D eigenvalue weighted by atomic mass is 9.97. The molecule has 1 heterocycles. The lowest BCUT2D eigenvalue weighted by Gasteiger charge is -2.22. The van der Waals surface area contributed by atoms with Crippen molar-refractivity contribution in [1.29, 1.82) is 0 Å². The van der Waals surface area contributed by atoms with Gasteiger partial charge < -0.3 is 10.6 Å². The molecule has 4 rings (SSSR count). The number of aryl methyl sites for hydroxylation is 1. The van der Waals surface area contributed by atoms with E-state index in [9.17, 15) is 4.79 Å². The van der Waals surface area contributed by atoms with Gasteiger partial charge in [0.15, 0.2) is 0 Å². The van der Waals surface area contributed by atoms with Gasteiger partial charge >= 0.3 is 0 Å². The molecule has 1 aliphatic heterocycles. The van der Waals surface area contributed by atoms with E-state index in [0.29, 0.717) is 18.2 Å². The third-order valence-electron chi connectivity index (χ3n) is 5.92. The third-order valence-corrected chi connectivity index (χ3v) is 5.92. The fourth-order valence-corrected chi connectivity index (χ4v) is 4.09. The van der Waals surface area contributed by atoms with Gasteiger partial charge in [-0.2, -0.15) is 0 Å². The number of aliphatic imine (C=N–C) groups is 1. The fraction of sp³-hybridized carbons (Fsp3) is 0.286. The van der Waals surface area contributed by atoms with Crippen molar-refractivity contribution in [3.05, 3.63) is 94.5 Å². The monoisotopic (exact) mass is 425 g/mol. The van der Waals surface area contributed by atoms with Gasteiger partial charge in [0.25, 0.3) is 5.91 Å². The number of rotatable bonds is 7. The van der Waals surface area contributed by atoms with Crippen LogP contribution in [-0.2, 0) is 6.54 Å². The minimum Gasteiger partial charge on any atom is -0.344 e. The number of amides is 1. The van der Waals surface area contributed by atoms with Crippen molar-refractivity contribution in [2.45, 2.75) is 46.3 Å². The highest BCUT2D eigenvalue weighted by molar-refractivity contribution is 6.03. The summed E-state index contributed by atoms with van der Waals surface area (Å²) in [6.07, 6.45) is 0. The van der Waals surface area contributed by atoms with Crippen LogP contribution in [0.15, 0.2) is 71.7 Å². The number of hydrogen-bond donors (Lipinski definition) is 2. The Hall–Kier alpha value is -3.24. The van der Waals surface area contributed by atoms with Crippen LogP contribution >= 0.6 is 0 Å². The second-order valence-corrected chi connectivity index (χ2v) is 8.86. The molecular weight excluding hydrogens is 394 g/mol. The van der Waals surface area contributed by atoms with E-state index < -0.39 is 0 Å². The van der Waals surface area contributed by atoms with E-state index >= 15 is 0 Å². The molecule has 3 aromatic rings. The predicted molar refractivity (Wildman–Crippen MR) is 132 cm³/mol. The number of carbonyl (C=O) groups excluding carboxylic acids is 1. The minimum absolute atomic E-state index is 0.0668. The van der Waals surface area contributed by atoms with Crippen molar-refractivity contribution in [2.24, 2.45) is 4.99 Å². The molecule has 164 valence electrons. The van der Waals surface area contributed by atoms with Gasteiger partial charge in [-0.25, -0.2) is 0 Å². The largest absolute Gasteiger partial charge is 0.344 e. The van der Waals surface area contributed by atoms with E-state index in [1.54, 1.807) is 0 Å². The summed E-state index contributed by atoms with van der Waals surface area (Å²) < 4.78 is 0. The summed E-state index contributed by atoms with van der Waals surface area (Å²) in [5, 5.41) is 6.70. The first-order valence-corrected chi connectivity index (χ1v) is 11.3. The molecule has 4 nitrogen and oxygen atoms in total. The number of benzene rings is 3. The number of fused-ring (bicyclic) bond motifs is 1. The predicted octanol–water partition coefficient (Wildman–Crippen LogP) is 5.45. The zero-order chi connectivity index (χ0) is 22.7. The maximum atomic E-state index is 13.2. The minimum atomic E-state index is -0.104. The average Bonchev–Trinajstić information content (AvgIpc) is 3.16. The molecule has 0 fully saturated rings. The van der Waals surface area contributed by atoms with Gasteiger partial charge in [0.2, 0.25) is 0 Å². The summed E-state index contributed by atoms with van der Waals surface area (Å²) >= 11 is 0. The maximum absolute atomic E-state index is 13.2. The first kappa shape index (κ1) is 22.0. The van der Waals surface area contributed by atoms with Crippen LogP contribution in [0.25, 0.3) is 11.1 Å². The molecule has 0 spiro atoms. The standard InChI is InChI=1S/C28H31N3O/c1-18(2)29-17-27(23-9-5-7-19(3)13-23)31-28(32)24-10-6-8-21(14-24)22-11-12-25-16-30-20(4)26(25)15-22/h5-15,18,27,29H,16-17H2,1-4H3,(H,31,32). The van der Waals surface area contributed by atoms with E-state index in [2.05, 4.69) is 85.8 Å². The topological polar surface area (TPSA) is 53.5 Å². The smallest absolute Gasteiger partial charge is 0.251 e. The van der Waals surface area contributed by atoms with Crippen LogP contribution in [0.4, 0.5) is 0 Å². The van der Waals surface area contributed by atoms with E-state index in [4.69, 9.17) is 0 Å². The Morgan fingerprint density at radius 3 is 2.53 bits per heavy atom. The zero-order valence-electron chi connectivity index (χ0n) is 19.3. The van der Waals surface area contributed by atoms with E-state index in [1.807, 2.05) is 24.3 Å². The zero-order valence-corrected chi connectivity index (χ0v) is 19.3. The van der Waals surface area contributed by atoms with Crippen molar-refractivity contribution < 1.29 is 4.79 Å². The molecule has 1 unspecified atom stereocenters. The number of nitrogens with zero attached hydrogens (tertiary/aromatic N) is 1. The quantitative estimate of drug-likeness (QED) is 0.529. The summed E-state index contributed by atoms with van der Waals surface area (Å²) in [4.78, 5) is 17.8. The van der Waals surface area contributed by atoms with E-state index in [-0.39, 0.29) is 11.9 Å². The number of carbonyl (C=O) groups is 1. The van der Waals surface area contributed by atoms with Crippen LogP contribution in [0.5, 0.6) is 0 Å². The summed E-state index contributed by atoms with van der Waals surface area (Å²) in [6, 6.07) is 22.9. The van der Waals surface area contributed by atoms with Gasteiger partial charge in [0.05, 0.1) is 12.6 Å². The summed E-state index contributed by atoms with van der Waals surface area (Å²) in [5.41, 5.74) is 8.64. The van der Waals surface area contributed by atoms with Gasteiger partial charge in [-0.05, 0) is 54.3 Å². The SMILES string of the molecule is CC1=NCc2ccc(-c3cccc(C(=O)NC(CNC(C)C)c4cccc(C)c4)c3)cc21. The fourth-order valence-electron chi connectivity index (χ4n) is 4.09. The molecule has 2 N–H and O–H groups in total. The Labute approximate surface area is 190 Å². The highest BCUT2D eigenvalue weighted by Crippen LogP contribution is 2.27. The van der Waals surface area contributed by atoms with Crippen LogP contribution in [-0.4, -0.2) is 24.2 Å². The van der Waals surface area contributed by atoms with Gasteiger partial charge in [0, 0.05) is 29.4 Å². The van der Waals surface area contributed by atoms with Gasteiger partial charge in [-0.3, -0.25) is 9.79 Å². The van der Waals surface area contributed by atoms with Crippen LogP contribution in [0.2, 0.25) is 0 Å². The number of hydrogen-bond acceptors (Lipinski definition) is 3. The Morgan fingerprint density at radius 1 is 0.969 bits per heavy atom. The Balaban J connectivity index is 1.57. The summed E-state index contributed by atoms with van der Waals surface area (Å²) in [5.74, 6) is -0.0668. The molecular formula is C28H31N3O. The van der Waals surface area contributed by atoms with Crippen LogP contribution in [0.3, 0.4) is 0 Å². The molecule has 3 aromatic carbocycles. The van der Waals surface area contributed by atoms with Crippen molar-refractivity contribution in [2.75, 3.05) is 6.54 Å². The van der Waals surface area contributed by atoms with Gasteiger partial charge in [-0.15, -0.1) is 0 Å². The molecule has 0 radical (unpaired) electrons. The maximum Gasteiger partial charge on any atom is 0.251 e. The van der Waals surface area contributed by atoms with E-state index in [1.165, 1.54) is 16.7 Å². The van der Waals surface area contributed by atoms with Gasteiger partial charge in [0.1, 0.15) is 0 Å². The molecule has 1 amide bonds. The lowest BCUT2D eigenvalue weighted by Crippen LogP contribution is -2.38. The second kappa shape index (κ2) is 9.49. The Kier molecular flexibility index (Phi) is 6.52. The first-order chi connectivity index (χ1) is 15.4. The normalized spacial score (nSPS) is 13.6. The van der Waals surface area contributed by atoms with Crippen LogP contribution in [0.1, 0.15) is 59.4 Å². The van der Waals surface area contributed by atoms with Crippen molar-refractivity contribution in [3.8, 4) is 11.1 Å². The first-order valence-electron chi connectivity index (χ1n) is 11.3. The van der Waals surface area contributed by atoms with Crippen molar-refractivity contribution in [1.82, 2.24) is 10.6 Å². The molecule has 32 heavy (non-hydrogen) atoms. The molecule has 1 aliphatic rings. The highest BCUT2D eigenvalue weighted by atomic mass is 16.1. The third kappa shape index (κ3) is 4.97. The second-order valence-electron chi connectivity index (χ2n) is 8.86. The highest BCUT2D eigenvalue weighted by Gasteiger charge is 2.18. The molecule has 0 saturated heterocycles. The van der Waals surface area contributed by atoms with Gasteiger partial charge in [-0.1, -0.05) is 67.9 Å². The Bertz CT molecular complexity index is 1160. The van der Waals surface area contributed by atoms with E-state index in [0.717, 1.165) is 28.9 Å². The molecule has 0 saturated carbocycles. The lowest BCUT2D eigenvalue weighted by molar-refractivity contribution is 0.0935. The molecule has 1 atom stereocenters. The van der Waals surface area contributed by atoms with Crippen molar-refractivity contribution >= 4 is 11.6 Å². The number of nitrogens with one attached hydrogen (secondary N) is 2. The van der Waals surface area contributed by atoms with Crippen LogP contribution < -0.4 is 10.6 Å². The summed E-state index contributed by atoms with van der Waals surface area (Å²) in [6.45, 7) is 9.79. The Morgan fingerprint density at radius 2 is 1.75 bits per heavy atom. The molecule has 0 aromatic heterocycles. The van der Waals surface area contributed by atoms with Crippen molar-refractivity contribution in [3.63, 3.8) is 0 Å².